The first-order valence-corrected chi connectivity index (χ1v) is 6.74. The van der Waals surface area contributed by atoms with E-state index in [0.717, 1.165) is 16.5 Å². The van der Waals surface area contributed by atoms with Crippen molar-refractivity contribution in [3.8, 4) is 0 Å². The maximum absolute atomic E-state index is 13.9. The monoisotopic (exact) mass is 291 g/mol. The van der Waals surface area contributed by atoms with Crippen molar-refractivity contribution in [2.24, 2.45) is 0 Å². The Morgan fingerprint density at radius 2 is 2.05 bits per heavy atom. The third-order valence-corrected chi connectivity index (χ3v) is 3.75. The van der Waals surface area contributed by atoms with Crippen molar-refractivity contribution in [3.05, 3.63) is 53.3 Å². The Hall–Kier alpha value is -2.01. The van der Waals surface area contributed by atoms with Gasteiger partial charge in [0.25, 0.3) is 0 Å². The van der Waals surface area contributed by atoms with Crippen LogP contribution in [0.5, 0.6) is 0 Å². The number of nitrogens with two attached hydrogens (primary N) is 1. The molecular formula is C15H14FNO2S. The number of methoxy groups -OCH3 is 1. The van der Waals surface area contributed by atoms with Crippen LogP contribution >= 0.6 is 11.8 Å². The fraction of sp³-hybridized carbons (Fsp3) is 0.133. The number of rotatable bonds is 3. The predicted molar refractivity (Wildman–Crippen MR) is 77.5 cm³/mol. The van der Waals surface area contributed by atoms with Gasteiger partial charge in [-0.2, -0.15) is 0 Å². The molecule has 3 nitrogen and oxygen atoms in total. The lowest BCUT2D eigenvalue weighted by atomic mass is 10.2. The number of nitrogen functional groups attached to an aromatic ring is 1. The quantitative estimate of drug-likeness (QED) is 0.692. The van der Waals surface area contributed by atoms with Crippen LogP contribution in [0, 0.1) is 12.7 Å². The highest BCUT2D eigenvalue weighted by molar-refractivity contribution is 7.99. The molecule has 0 radical (unpaired) electrons. The molecule has 2 aromatic rings. The summed E-state index contributed by atoms with van der Waals surface area (Å²) in [7, 11) is 1.26. The molecule has 104 valence electrons. The van der Waals surface area contributed by atoms with E-state index in [1.807, 2.05) is 31.2 Å². The predicted octanol–water partition coefficient (Wildman–Crippen LogP) is 3.65. The number of esters is 1. The van der Waals surface area contributed by atoms with Gasteiger partial charge in [0, 0.05) is 15.5 Å². The van der Waals surface area contributed by atoms with Crippen LogP contribution in [0.1, 0.15) is 15.9 Å². The highest BCUT2D eigenvalue weighted by Crippen LogP contribution is 2.33. The minimum atomic E-state index is -0.575. The maximum atomic E-state index is 13.9. The highest BCUT2D eigenvalue weighted by atomic mass is 32.2. The zero-order valence-electron chi connectivity index (χ0n) is 11.1. The van der Waals surface area contributed by atoms with Gasteiger partial charge in [0.05, 0.1) is 12.7 Å². The van der Waals surface area contributed by atoms with Crippen molar-refractivity contribution in [1.82, 2.24) is 0 Å². The molecule has 0 amide bonds. The van der Waals surface area contributed by atoms with Crippen LogP contribution in [0.2, 0.25) is 0 Å². The van der Waals surface area contributed by atoms with Gasteiger partial charge in [0.15, 0.2) is 0 Å². The topological polar surface area (TPSA) is 52.3 Å². The largest absolute Gasteiger partial charge is 0.465 e. The van der Waals surface area contributed by atoms with E-state index in [2.05, 4.69) is 4.74 Å². The van der Waals surface area contributed by atoms with E-state index in [-0.39, 0.29) is 11.3 Å². The van der Waals surface area contributed by atoms with Crippen LogP contribution in [0.4, 0.5) is 10.1 Å². The fourth-order valence-electron chi connectivity index (χ4n) is 1.74. The van der Waals surface area contributed by atoms with Gasteiger partial charge in [0.1, 0.15) is 5.82 Å². The zero-order chi connectivity index (χ0) is 14.7. The molecule has 2 aromatic carbocycles. The molecule has 0 atom stereocenters. The average Bonchev–Trinajstić information content (AvgIpc) is 2.41. The Morgan fingerprint density at radius 3 is 2.70 bits per heavy atom. The van der Waals surface area contributed by atoms with Crippen LogP contribution in [0.3, 0.4) is 0 Å². The summed E-state index contributed by atoms with van der Waals surface area (Å²) < 4.78 is 18.6. The van der Waals surface area contributed by atoms with E-state index < -0.39 is 11.8 Å². The molecular weight excluding hydrogens is 277 g/mol. The first-order chi connectivity index (χ1) is 9.51. The summed E-state index contributed by atoms with van der Waals surface area (Å²) in [6, 6.07) is 10.2. The molecule has 2 N–H and O–H groups in total. The van der Waals surface area contributed by atoms with E-state index in [1.54, 1.807) is 0 Å². The Balaban J connectivity index is 2.39. The minimum absolute atomic E-state index is 0.0722. The third kappa shape index (κ3) is 3.11. The molecule has 0 aromatic heterocycles. The lowest BCUT2D eigenvalue weighted by molar-refractivity contribution is 0.0601. The Kier molecular flexibility index (Phi) is 4.29. The number of hydrogen-bond donors (Lipinski definition) is 1. The standard InChI is InChI=1S/C15H14FNO2S/c1-9-4-3-5-10(6-9)20-14-7-11(15(18)19-2)13(17)8-12(14)16/h3-8H,17H2,1-2H3. The number of hydrogen-bond acceptors (Lipinski definition) is 4. The summed E-state index contributed by atoms with van der Waals surface area (Å²) >= 11 is 1.24. The van der Waals surface area contributed by atoms with Crippen molar-refractivity contribution in [2.45, 2.75) is 16.7 Å². The van der Waals surface area contributed by atoms with E-state index >= 15 is 0 Å². The second kappa shape index (κ2) is 5.96. The zero-order valence-corrected chi connectivity index (χ0v) is 12.0. The molecule has 0 bridgehead atoms. The van der Waals surface area contributed by atoms with Crippen LogP contribution < -0.4 is 5.73 Å². The van der Waals surface area contributed by atoms with Crippen molar-refractivity contribution >= 4 is 23.4 Å². The second-order valence-corrected chi connectivity index (χ2v) is 5.40. The molecule has 0 heterocycles. The Morgan fingerprint density at radius 1 is 1.30 bits per heavy atom. The average molecular weight is 291 g/mol. The first-order valence-electron chi connectivity index (χ1n) is 5.93. The van der Waals surface area contributed by atoms with Gasteiger partial charge in [-0.15, -0.1) is 0 Å². The number of ether oxygens (including phenoxy) is 1. The van der Waals surface area contributed by atoms with Crippen LogP contribution in [-0.2, 0) is 4.74 Å². The number of halogens is 1. The van der Waals surface area contributed by atoms with Gasteiger partial charge in [0.2, 0.25) is 0 Å². The lowest BCUT2D eigenvalue weighted by Gasteiger charge is -2.09. The van der Waals surface area contributed by atoms with Gasteiger partial charge in [-0.25, -0.2) is 9.18 Å². The number of aryl methyl sites for hydroxylation is 1. The van der Waals surface area contributed by atoms with Gasteiger partial charge in [-0.1, -0.05) is 29.5 Å². The summed E-state index contributed by atoms with van der Waals surface area (Å²) in [5.74, 6) is -1.03. The SMILES string of the molecule is COC(=O)c1cc(Sc2cccc(C)c2)c(F)cc1N. The van der Waals surface area contributed by atoms with E-state index in [9.17, 15) is 9.18 Å². The molecule has 0 unspecified atom stereocenters. The third-order valence-electron chi connectivity index (χ3n) is 2.73. The molecule has 0 saturated heterocycles. The Bertz CT molecular complexity index is 658. The number of carbonyl (C=O) groups is 1. The highest BCUT2D eigenvalue weighted by Gasteiger charge is 2.15. The summed E-state index contributed by atoms with van der Waals surface area (Å²) in [6.07, 6.45) is 0. The number of benzene rings is 2. The lowest BCUT2D eigenvalue weighted by Crippen LogP contribution is -2.06. The smallest absolute Gasteiger partial charge is 0.339 e. The molecule has 0 aliphatic heterocycles. The molecule has 0 aliphatic carbocycles. The molecule has 0 aliphatic rings. The Labute approximate surface area is 120 Å². The van der Waals surface area contributed by atoms with Gasteiger partial charge >= 0.3 is 5.97 Å². The molecule has 2 rings (SSSR count). The minimum Gasteiger partial charge on any atom is -0.465 e. The van der Waals surface area contributed by atoms with E-state index in [1.165, 1.54) is 24.9 Å². The fourth-order valence-corrected chi connectivity index (χ4v) is 2.72. The maximum Gasteiger partial charge on any atom is 0.339 e. The number of anilines is 1. The molecule has 0 spiro atoms. The van der Waals surface area contributed by atoms with Crippen molar-refractivity contribution < 1.29 is 13.9 Å². The van der Waals surface area contributed by atoms with Crippen LogP contribution in [0.15, 0.2) is 46.2 Å². The first kappa shape index (κ1) is 14.4. The van der Waals surface area contributed by atoms with E-state index in [0.29, 0.717) is 4.90 Å². The molecule has 20 heavy (non-hydrogen) atoms. The summed E-state index contributed by atoms with van der Waals surface area (Å²) in [4.78, 5) is 12.8. The number of carbonyl (C=O) groups excluding carboxylic acids is 1. The van der Waals surface area contributed by atoms with Crippen molar-refractivity contribution in [2.75, 3.05) is 12.8 Å². The van der Waals surface area contributed by atoms with Crippen LogP contribution in [-0.4, -0.2) is 13.1 Å². The molecule has 0 fully saturated rings. The second-order valence-electron chi connectivity index (χ2n) is 4.28. The van der Waals surface area contributed by atoms with Gasteiger partial charge in [-0.05, 0) is 31.2 Å². The van der Waals surface area contributed by atoms with E-state index in [4.69, 9.17) is 5.73 Å². The van der Waals surface area contributed by atoms with Crippen molar-refractivity contribution in [1.29, 1.82) is 0 Å². The summed E-state index contributed by atoms with van der Waals surface area (Å²) in [5, 5.41) is 0. The molecule has 0 saturated carbocycles. The van der Waals surface area contributed by atoms with Gasteiger partial charge in [-0.3, -0.25) is 0 Å². The van der Waals surface area contributed by atoms with Gasteiger partial charge < -0.3 is 10.5 Å². The normalized spacial score (nSPS) is 10.3. The summed E-state index contributed by atoms with van der Waals surface area (Å²) in [6.45, 7) is 1.96. The van der Waals surface area contributed by atoms with Crippen molar-refractivity contribution in [3.63, 3.8) is 0 Å². The van der Waals surface area contributed by atoms with Crippen LogP contribution in [0.25, 0.3) is 0 Å². The summed E-state index contributed by atoms with van der Waals surface area (Å²) in [5.41, 5.74) is 6.96. The molecule has 5 heteroatoms.